The Kier molecular flexibility index (Phi) is 6.79. The van der Waals surface area contributed by atoms with Crippen LogP contribution in [0.2, 0.25) is 0 Å². The van der Waals surface area contributed by atoms with Gasteiger partial charge in [-0.2, -0.15) is 8.78 Å². The smallest absolute Gasteiger partial charge is 0.303 e. The topological polar surface area (TPSA) is 98.3 Å². The number of rotatable bonds is 8. The Morgan fingerprint density at radius 2 is 2.00 bits per heavy atom. The number of carbonyl (C=O) groups excluding carboxylic acids is 1. The lowest BCUT2D eigenvalue weighted by molar-refractivity contribution is -0.114. The maximum Gasteiger partial charge on any atom is 0.303 e. The van der Waals surface area contributed by atoms with Crippen LogP contribution in [0.5, 0.6) is 5.75 Å². The number of ether oxygens (including phenoxy) is 2. The predicted octanol–water partition coefficient (Wildman–Crippen LogP) is 3.41. The van der Waals surface area contributed by atoms with Gasteiger partial charge in [0.05, 0.1) is 18.0 Å². The molecular weight excluding hydrogens is 372 g/mol. The Morgan fingerprint density at radius 3 is 2.61 bits per heavy atom. The fraction of sp³-hybridized carbons (Fsp3) is 0.444. The highest BCUT2D eigenvalue weighted by atomic mass is 19.3. The molecule has 0 aliphatic rings. The summed E-state index contributed by atoms with van der Waals surface area (Å²) in [4.78, 5) is 23.1. The Hall–Kier alpha value is -2.88. The minimum atomic E-state index is -3.19. The van der Waals surface area contributed by atoms with Crippen molar-refractivity contribution in [3.05, 3.63) is 29.8 Å². The molecule has 152 valence electrons. The highest BCUT2D eigenvalue weighted by Crippen LogP contribution is 2.31. The number of hydrogen-bond donors (Lipinski definition) is 2. The standard InChI is InChI=1S/C18H23F2N5O3/c1-10-6-16(25-17(22-10)18(4,19)20)24-13-7-15(23-12(3)26)21-8-14(13)28-9-11(2)27-5/h6-8,11H,9H2,1-5H3,(H2,21,22,23,24,25,26)/t11-/m1/s1. The van der Waals surface area contributed by atoms with Crippen molar-refractivity contribution in [2.24, 2.45) is 0 Å². The zero-order valence-corrected chi connectivity index (χ0v) is 16.3. The molecule has 0 radical (unpaired) electrons. The molecular formula is C18H23F2N5O3. The zero-order chi connectivity index (χ0) is 20.9. The van der Waals surface area contributed by atoms with Crippen molar-refractivity contribution in [3.63, 3.8) is 0 Å². The van der Waals surface area contributed by atoms with Crippen LogP contribution < -0.4 is 15.4 Å². The predicted molar refractivity (Wildman–Crippen MR) is 100 cm³/mol. The number of aromatic nitrogens is 3. The minimum Gasteiger partial charge on any atom is -0.487 e. The molecule has 0 fully saturated rings. The van der Waals surface area contributed by atoms with Crippen molar-refractivity contribution in [3.8, 4) is 5.75 Å². The van der Waals surface area contributed by atoms with E-state index in [1.165, 1.54) is 25.3 Å². The average Bonchev–Trinajstić information content (AvgIpc) is 2.59. The van der Waals surface area contributed by atoms with Crippen LogP contribution >= 0.6 is 0 Å². The summed E-state index contributed by atoms with van der Waals surface area (Å²) in [5, 5.41) is 5.50. The third-order valence-electron chi connectivity index (χ3n) is 3.56. The first kappa shape index (κ1) is 21.4. The molecule has 0 bridgehead atoms. The molecule has 1 atom stereocenters. The molecule has 2 rings (SSSR count). The number of nitrogens with one attached hydrogen (secondary N) is 2. The molecule has 2 heterocycles. The molecule has 0 unspecified atom stereocenters. The summed E-state index contributed by atoms with van der Waals surface area (Å²) >= 11 is 0. The molecule has 0 saturated heterocycles. The van der Waals surface area contributed by atoms with Crippen molar-refractivity contribution in [2.45, 2.75) is 39.7 Å². The van der Waals surface area contributed by atoms with Crippen LogP contribution in [0.25, 0.3) is 0 Å². The lowest BCUT2D eigenvalue weighted by Crippen LogP contribution is -2.17. The molecule has 0 saturated carbocycles. The van der Waals surface area contributed by atoms with Crippen LogP contribution in [0.4, 0.5) is 26.1 Å². The fourth-order valence-electron chi connectivity index (χ4n) is 2.15. The first-order valence-electron chi connectivity index (χ1n) is 8.52. The SMILES string of the molecule is CO[C@H](C)COc1cnc(NC(C)=O)cc1Nc1cc(C)nc(C(C)(F)F)n1. The summed E-state index contributed by atoms with van der Waals surface area (Å²) < 4.78 is 38.1. The Morgan fingerprint density at radius 1 is 1.29 bits per heavy atom. The lowest BCUT2D eigenvalue weighted by atomic mass is 10.3. The summed E-state index contributed by atoms with van der Waals surface area (Å²) in [7, 11) is 1.56. The van der Waals surface area contributed by atoms with Gasteiger partial charge in [-0.15, -0.1) is 0 Å². The number of nitrogens with zero attached hydrogens (tertiary/aromatic N) is 3. The average molecular weight is 395 g/mol. The van der Waals surface area contributed by atoms with Crippen LogP contribution in [-0.2, 0) is 15.5 Å². The van der Waals surface area contributed by atoms with Crippen LogP contribution in [-0.4, -0.2) is 40.7 Å². The molecule has 0 spiro atoms. The van der Waals surface area contributed by atoms with Gasteiger partial charge in [0, 0.05) is 38.8 Å². The second-order valence-corrected chi connectivity index (χ2v) is 6.34. The molecule has 1 amide bonds. The van der Waals surface area contributed by atoms with Gasteiger partial charge in [-0.25, -0.2) is 15.0 Å². The Bertz CT molecular complexity index is 842. The number of halogens is 2. The third-order valence-corrected chi connectivity index (χ3v) is 3.56. The number of hydrogen-bond acceptors (Lipinski definition) is 7. The van der Waals surface area contributed by atoms with Gasteiger partial charge in [0.25, 0.3) is 0 Å². The van der Waals surface area contributed by atoms with E-state index in [-0.39, 0.29) is 30.3 Å². The molecule has 0 aliphatic carbocycles. The van der Waals surface area contributed by atoms with E-state index in [1.807, 2.05) is 6.92 Å². The first-order valence-corrected chi connectivity index (χ1v) is 8.52. The monoisotopic (exact) mass is 395 g/mol. The maximum atomic E-state index is 13.6. The van der Waals surface area contributed by atoms with Gasteiger partial charge in [-0.05, 0) is 13.8 Å². The fourth-order valence-corrected chi connectivity index (χ4v) is 2.15. The number of pyridine rings is 1. The quantitative estimate of drug-likeness (QED) is 0.707. The highest BCUT2D eigenvalue weighted by Gasteiger charge is 2.29. The maximum absolute atomic E-state index is 13.6. The molecule has 0 aliphatic heterocycles. The number of carbonyl (C=O) groups is 1. The van der Waals surface area contributed by atoms with Crippen molar-refractivity contribution in [1.82, 2.24) is 15.0 Å². The first-order chi connectivity index (χ1) is 13.1. The van der Waals surface area contributed by atoms with E-state index in [4.69, 9.17) is 9.47 Å². The normalized spacial score (nSPS) is 12.4. The van der Waals surface area contributed by atoms with E-state index >= 15 is 0 Å². The van der Waals surface area contributed by atoms with Crippen LogP contribution in [0.15, 0.2) is 18.3 Å². The summed E-state index contributed by atoms with van der Waals surface area (Å²) in [5.41, 5.74) is 0.770. The van der Waals surface area contributed by atoms with Crippen molar-refractivity contribution in [2.75, 3.05) is 24.4 Å². The Balaban J connectivity index is 2.38. The molecule has 2 aromatic heterocycles. The van der Waals surface area contributed by atoms with E-state index in [9.17, 15) is 13.6 Å². The Labute approximate surface area is 161 Å². The summed E-state index contributed by atoms with van der Waals surface area (Å²) in [6.07, 6.45) is 1.24. The van der Waals surface area contributed by atoms with E-state index in [0.29, 0.717) is 17.1 Å². The van der Waals surface area contributed by atoms with Crippen molar-refractivity contribution < 1.29 is 23.0 Å². The zero-order valence-electron chi connectivity index (χ0n) is 16.3. The number of aryl methyl sites for hydroxylation is 1. The molecule has 28 heavy (non-hydrogen) atoms. The van der Waals surface area contributed by atoms with Gasteiger partial charge in [0.15, 0.2) is 5.75 Å². The van der Waals surface area contributed by atoms with Crippen LogP contribution in [0.1, 0.15) is 32.3 Å². The van der Waals surface area contributed by atoms with E-state index < -0.39 is 11.7 Å². The lowest BCUT2D eigenvalue weighted by Gasteiger charge is -2.17. The third kappa shape index (κ3) is 6.08. The number of alkyl halides is 2. The second-order valence-electron chi connectivity index (χ2n) is 6.34. The molecule has 2 aromatic rings. The second kappa shape index (κ2) is 8.87. The van der Waals surface area contributed by atoms with Gasteiger partial charge < -0.3 is 20.1 Å². The van der Waals surface area contributed by atoms with Crippen molar-refractivity contribution in [1.29, 1.82) is 0 Å². The van der Waals surface area contributed by atoms with E-state index in [2.05, 4.69) is 25.6 Å². The van der Waals surface area contributed by atoms with Gasteiger partial charge >= 0.3 is 5.92 Å². The number of anilines is 3. The molecule has 10 heteroatoms. The van der Waals surface area contributed by atoms with Crippen molar-refractivity contribution >= 4 is 23.2 Å². The van der Waals surface area contributed by atoms with Crippen LogP contribution in [0, 0.1) is 6.92 Å². The summed E-state index contributed by atoms with van der Waals surface area (Å²) in [5.74, 6) is -3.30. The number of amides is 1. The number of methoxy groups -OCH3 is 1. The van der Waals surface area contributed by atoms with E-state index in [0.717, 1.165) is 6.92 Å². The van der Waals surface area contributed by atoms with Gasteiger partial charge in [-0.3, -0.25) is 4.79 Å². The van der Waals surface area contributed by atoms with Gasteiger partial charge in [0.1, 0.15) is 18.2 Å². The highest BCUT2D eigenvalue weighted by molar-refractivity contribution is 5.88. The van der Waals surface area contributed by atoms with E-state index in [1.54, 1.807) is 14.0 Å². The largest absolute Gasteiger partial charge is 0.487 e. The molecule has 8 nitrogen and oxygen atoms in total. The van der Waals surface area contributed by atoms with Gasteiger partial charge in [-0.1, -0.05) is 0 Å². The molecule has 0 aromatic carbocycles. The van der Waals surface area contributed by atoms with Crippen LogP contribution in [0.3, 0.4) is 0 Å². The van der Waals surface area contributed by atoms with Gasteiger partial charge in [0.2, 0.25) is 11.7 Å². The summed E-state index contributed by atoms with van der Waals surface area (Å²) in [6, 6.07) is 3.05. The molecule has 2 N–H and O–H groups in total. The minimum absolute atomic E-state index is 0.161. The summed E-state index contributed by atoms with van der Waals surface area (Å²) in [6.45, 7) is 5.74.